The first kappa shape index (κ1) is 15.8. The molecule has 11 heteroatoms. The van der Waals surface area contributed by atoms with Crippen molar-refractivity contribution in [3.63, 3.8) is 0 Å². The first-order valence-electron chi connectivity index (χ1n) is 7.47. The molecule has 126 valence electrons. The fourth-order valence-corrected chi connectivity index (χ4v) is 2.44. The van der Waals surface area contributed by atoms with Gasteiger partial charge in [0, 0.05) is 7.05 Å². The zero-order chi connectivity index (χ0) is 17.1. The molecular weight excluding hydrogens is 312 g/mol. The van der Waals surface area contributed by atoms with E-state index in [2.05, 4.69) is 55.0 Å². The van der Waals surface area contributed by atoms with Crippen LogP contribution in [0, 0.1) is 5.92 Å². The quantitative estimate of drug-likeness (QED) is 0.651. The van der Waals surface area contributed by atoms with Crippen molar-refractivity contribution in [3.05, 3.63) is 30.2 Å². The fraction of sp³-hybridized carbons (Fsp3) is 0.462. The zero-order valence-electron chi connectivity index (χ0n) is 13.6. The molecule has 0 saturated heterocycles. The molecule has 3 heterocycles. The van der Waals surface area contributed by atoms with Gasteiger partial charge in [-0.1, -0.05) is 13.8 Å². The molecule has 3 aromatic heterocycles. The Morgan fingerprint density at radius 2 is 2.25 bits per heavy atom. The Morgan fingerprint density at radius 1 is 1.42 bits per heavy atom. The molecule has 0 aliphatic rings. The van der Waals surface area contributed by atoms with Crippen LogP contribution in [0.1, 0.15) is 42.5 Å². The van der Waals surface area contributed by atoms with Crippen molar-refractivity contribution in [1.82, 2.24) is 50.5 Å². The average Bonchev–Trinajstić information content (AvgIpc) is 3.26. The van der Waals surface area contributed by atoms with Crippen LogP contribution < -0.4 is 5.32 Å². The molecule has 3 rings (SSSR count). The average molecular weight is 330 g/mol. The number of nitrogens with zero attached hydrogens (tertiary/aromatic N) is 8. The van der Waals surface area contributed by atoms with Gasteiger partial charge in [0.05, 0.1) is 12.2 Å². The van der Waals surface area contributed by atoms with Crippen molar-refractivity contribution in [2.24, 2.45) is 13.0 Å². The predicted octanol–water partition coefficient (Wildman–Crippen LogP) is 0.0311. The third kappa shape index (κ3) is 3.14. The Labute approximate surface area is 137 Å². The number of aromatic amines is 1. The van der Waals surface area contributed by atoms with Crippen molar-refractivity contribution < 1.29 is 4.79 Å². The minimum atomic E-state index is -0.289. The van der Waals surface area contributed by atoms with Crippen LogP contribution in [0.2, 0.25) is 0 Å². The number of rotatable bonds is 6. The highest BCUT2D eigenvalue weighted by Crippen LogP contribution is 2.20. The molecule has 2 N–H and O–H groups in total. The smallest absolute Gasteiger partial charge is 0.257 e. The highest BCUT2D eigenvalue weighted by Gasteiger charge is 2.24. The molecule has 0 saturated carbocycles. The molecule has 24 heavy (non-hydrogen) atoms. The topological polar surface area (TPSA) is 132 Å². The minimum absolute atomic E-state index is 0.262. The Morgan fingerprint density at radius 3 is 2.88 bits per heavy atom. The minimum Gasteiger partial charge on any atom is -0.342 e. The van der Waals surface area contributed by atoms with E-state index in [0.29, 0.717) is 23.1 Å². The molecule has 1 atom stereocenters. The molecule has 0 aromatic carbocycles. The molecule has 1 amide bonds. The van der Waals surface area contributed by atoms with Crippen LogP contribution in [0.15, 0.2) is 18.9 Å². The Bertz CT molecular complexity index is 802. The van der Waals surface area contributed by atoms with Crippen LogP contribution >= 0.6 is 0 Å². The largest absolute Gasteiger partial charge is 0.342 e. The summed E-state index contributed by atoms with van der Waals surface area (Å²) in [5.41, 5.74) is 0.346. The van der Waals surface area contributed by atoms with Crippen LogP contribution in [-0.4, -0.2) is 51.1 Å². The van der Waals surface area contributed by atoms with Gasteiger partial charge >= 0.3 is 0 Å². The maximum absolute atomic E-state index is 12.7. The number of H-pyrrole nitrogens is 1. The number of hydrogen-bond acceptors (Lipinski definition) is 7. The summed E-state index contributed by atoms with van der Waals surface area (Å²) in [4.78, 5) is 17.0. The highest BCUT2D eigenvalue weighted by atomic mass is 16.1. The molecule has 0 spiro atoms. The summed E-state index contributed by atoms with van der Waals surface area (Å²) in [6.45, 7) is 4.17. The van der Waals surface area contributed by atoms with Gasteiger partial charge in [-0.05, 0) is 22.8 Å². The third-order valence-corrected chi connectivity index (χ3v) is 3.51. The van der Waals surface area contributed by atoms with Gasteiger partial charge in [-0.2, -0.15) is 14.9 Å². The van der Waals surface area contributed by atoms with E-state index in [4.69, 9.17) is 0 Å². The lowest BCUT2D eigenvalue weighted by atomic mass is 10.0. The van der Waals surface area contributed by atoms with E-state index in [0.717, 1.165) is 6.42 Å². The molecule has 3 aromatic rings. The van der Waals surface area contributed by atoms with Crippen LogP contribution in [0.5, 0.6) is 0 Å². The van der Waals surface area contributed by atoms with Crippen molar-refractivity contribution in [2.45, 2.75) is 26.3 Å². The second kappa shape index (κ2) is 6.56. The standard InChI is InChI=1S/C13H18N10O/c1-8(2)4-10(12-14-6-17-22(12)3)18-13(24)9-5-15-19-11(9)23-7-16-20-21-23/h5-8,10H,4H2,1-3H3,(H,15,19)(H,18,24)/t10-/m1/s1. The van der Waals surface area contributed by atoms with Crippen molar-refractivity contribution in [2.75, 3.05) is 0 Å². The lowest BCUT2D eigenvalue weighted by Crippen LogP contribution is -2.32. The van der Waals surface area contributed by atoms with E-state index in [-0.39, 0.29) is 11.9 Å². The van der Waals surface area contributed by atoms with Gasteiger partial charge in [0.2, 0.25) is 0 Å². The van der Waals surface area contributed by atoms with Gasteiger partial charge in [-0.3, -0.25) is 14.6 Å². The van der Waals surface area contributed by atoms with Crippen molar-refractivity contribution in [1.29, 1.82) is 0 Å². The Balaban J connectivity index is 1.84. The second-order valence-electron chi connectivity index (χ2n) is 5.78. The van der Waals surface area contributed by atoms with E-state index >= 15 is 0 Å². The van der Waals surface area contributed by atoms with Crippen LogP contribution in [0.3, 0.4) is 0 Å². The SMILES string of the molecule is CC(C)C[C@@H](NC(=O)c1cn[nH]c1-n1cnnn1)c1ncnn1C. The second-order valence-corrected chi connectivity index (χ2v) is 5.78. The first-order chi connectivity index (χ1) is 11.6. The zero-order valence-corrected chi connectivity index (χ0v) is 13.6. The molecule has 11 nitrogen and oxygen atoms in total. The van der Waals surface area contributed by atoms with Crippen LogP contribution in [0.4, 0.5) is 0 Å². The molecule has 0 unspecified atom stereocenters. The van der Waals surface area contributed by atoms with Gasteiger partial charge in [-0.25, -0.2) is 4.98 Å². The highest BCUT2D eigenvalue weighted by molar-refractivity contribution is 5.97. The predicted molar refractivity (Wildman–Crippen MR) is 82.0 cm³/mol. The number of amides is 1. The molecule has 0 bridgehead atoms. The van der Waals surface area contributed by atoms with Crippen LogP contribution in [0.25, 0.3) is 5.82 Å². The number of hydrogen-bond donors (Lipinski definition) is 2. The molecule has 0 aliphatic heterocycles. The number of nitrogens with one attached hydrogen (secondary N) is 2. The van der Waals surface area contributed by atoms with E-state index in [9.17, 15) is 4.79 Å². The van der Waals surface area contributed by atoms with E-state index in [1.165, 1.54) is 23.5 Å². The van der Waals surface area contributed by atoms with Gasteiger partial charge < -0.3 is 5.32 Å². The Kier molecular flexibility index (Phi) is 4.31. The normalized spacial score (nSPS) is 12.5. The summed E-state index contributed by atoms with van der Waals surface area (Å²) >= 11 is 0. The van der Waals surface area contributed by atoms with Crippen molar-refractivity contribution in [3.8, 4) is 5.82 Å². The summed E-state index contributed by atoms with van der Waals surface area (Å²) < 4.78 is 3.01. The monoisotopic (exact) mass is 330 g/mol. The Hall–Kier alpha value is -3.11. The molecule has 0 fully saturated rings. The third-order valence-electron chi connectivity index (χ3n) is 3.51. The summed E-state index contributed by atoms with van der Waals surface area (Å²) in [6, 6.07) is -0.262. The number of tetrazole rings is 1. The summed E-state index contributed by atoms with van der Waals surface area (Å²) in [5, 5.41) is 24.6. The number of aromatic nitrogens is 9. The number of carbonyl (C=O) groups is 1. The molecular formula is C13H18N10O. The maximum Gasteiger partial charge on any atom is 0.257 e. The van der Waals surface area contributed by atoms with Gasteiger partial charge in [0.25, 0.3) is 5.91 Å². The lowest BCUT2D eigenvalue weighted by Gasteiger charge is -2.19. The summed E-state index contributed by atoms with van der Waals surface area (Å²) in [7, 11) is 1.80. The first-order valence-corrected chi connectivity index (χ1v) is 7.47. The molecule has 0 aliphatic carbocycles. The number of aryl methyl sites for hydroxylation is 1. The van der Waals surface area contributed by atoms with E-state index < -0.39 is 0 Å². The van der Waals surface area contributed by atoms with Gasteiger partial charge in [0.15, 0.2) is 5.82 Å². The fourth-order valence-electron chi connectivity index (χ4n) is 2.44. The lowest BCUT2D eigenvalue weighted by molar-refractivity contribution is 0.0929. The van der Waals surface area contributed by atoms with E-state index in [1.54, 1.807) is 11.7 Å². The van der Waals surface area contributed by atoms with Gasteiger partial charge in [-0.15, -0.1) is 5.10 Å². The maximum atomic E-state index is 12.7. The number of carbonyl (C=O) groups excluding carboxylic acids is 1. The van der Waals surface area contributed by atoms with Crippen molar-refractivity contribution >= 4 is 5.91 Å². The van der Waals surface area contributed by atoms with Crippen LogP contribution in [-0.2, 0) is 7.05 Å². The summed E-state index contributed by atoms with van der Waals surface area (Å²) in [5.74, 6) is 1.18. The van der Waals surface area contributed by atoms with E-state index in [1.807, 2.05) is 0 Å². The summed E-state index contributed by atoms with van der Waals surface area (Å²) in [6.07, 6.45) is 5.03. The van der Waals surface area contributed by atoms with Gasteiger partial charge in [0.1, 0.15) is 24.0 Å². The molecule has 0 radical (unpaired) electrons.